The van der Waals surface area contributed by atoms with Gasteiger partial charge in [-0.1, -0.05) is 18.2 Å². The number of aliphatic hydroxyl groups excluding tert-OH is 1. The quantitative estimate of drug-likeness (QED) is 0.704. The third kappa shape index (κ3) is 3.87. The Bertz CT molecular complexity index is 458. The lowest BCUT2D eigenvalue weighted by Crippen LogP contribution is -2.40. The van der Waals surface area contributed by atoms with Gasteiger partial charge in [-0.05, 0) is 30.9 Å². The molecule has 0 unspecified atom stereocenters. The van der Waals surface area contributed by atoms with Crippen LogP contribution in [0.25, 0.3) is 0 Å². The number of methoxy groups -OCH3 is 1. The van der Waals surface area contributed by atoms with E-state index in [1.165, 1.54) is 0 Å². The van der Waals surface area contributed by atoms with Gasteiger partial charge in [0, 0.05) is 18.5 Å². The zero-order valence-electron chi connectivity index (χ0n) is 11.8. The van der Waals surface area contributed by atoms with E-state index in [0.717, 1.165) is 30.6 Å². The van der Waals surface area contributed by atoms with E-state index in [-0.39, 0.29) is 18.1 Å². The fourth-order valence-corrected chi connectivity index (χ4v) is 2.12. The minimum Gasteiger partial charge on any atom is -0.496 e. The van der Waals surface area contributed by atoms with E-state index < -0.39 is 0 Å². The summed E-state index contributed by atoms with van der Waals surface area (Å²) in [5.41, 5.74) is 1.02. The molecule has 5 heteroatoms. The van der Waals surface area contributed by atoms with Crippen molar-refractivity contribution in [3.8, 4) is 5.75 Å². The predicted molar refractivity (Wildman–Crippen MR) is 76.9 cm³/mol. The summed E-state index contributed by atoms with van der Waals surface area (Å²) in [6.07, 6.45) is 2.71. The van der Waals surface area contributed by atoms with Crippen LogP contribution >= 0.6 is 0 Å². The number of hydrogen-bond donors (Lipinski definition) is 3. The molecule has 1 aromatic carbocycles. The van der Waals surface area contributed by atoms with Crippen LogP contribution in [-0.4, -0.2) is 37.9 Å². The van der Waals surface area contributed by atoms with Gasteiger partial charge in [0.1, 0.15) is 5.75 Å². The lowest BCUT2D eigenvalue weighted by molar-refractivity contribution is 0.203. The molecule has 2 rings (SSSR count). The number of para-hydroxylation sites is 1. The molecular weight excluding hydrogens is 256 g/mol. The van der Waals surface area contributed by atoms with Crippen molar-refractivity contribution in [2.24, 2.45) is 5.41 Å². The Hall–Kier alpha value is -1.75. The van der Waals surface area contributed by atoms with E-state index in [2.05, 4.69) is 10.6 Å². The second kappa shape index (κ2) is 6.61. The molecule has 0 saturated heterocycles. The first-order chi connectivity index (χ1) is 9.69. The Morgan fingerprint density at radius 3 is 2.75 bits per heavy atom. The normalized spacial score (nSPS) is 15.5. The second-order valence-corrected chi connectivity index (χ2v) is 5.33. The van der Waals surface area contributed by atoms with Gasteiger partial charge in [-0.25, -0.2) is 4.79 Å². The number of urea groups is 1. The highest BCUT2D eigenvalue weighted by molar-refractivity contribution is 5.73. The van der Waals surface area contributed by atoms with Gasteiger partial charge in [-0.15, -0.1) is 0 Å². The maximum Gasteiger partial charge on any atom is 0.314 e. The number of amides is 2. The maximum atomic E-state index is 11.6. The van der Waals surface area contributed by atoms with Gasteiger partial charge in [0.15, 0.2) is 0 Å². The lowest BCUT2D eigenvalue weighted by atomic mass is 10.1. The van der Waals surface area contributed by atoms with Crippen molar-refractivity contribution in [2.45, 2.75) is 19.3 Å². The molecule has 0 heterocycles. The Labute approximate surface area is 119 Å². The lowest BCUT2D eigenvalue weighted by Gasteiger charge is -2.13. The van der Waals surface area contributed by atoms with Gasteiger partial charge >= 0.3 is 6.03 Å². The standard InChI is InChI=1S/C15H22N2O3/c1-20-13-5-3-2-4-12(13)6-9-16-14(19)17-10-15(11-18)7-8-15/h2-5,18H,6-11H2,1H3,(H2,16,17,19). The molecule has 0 spiro atoms. The van der Waals surface area contributed by atoms with Gasteiger partial charge in [0.2, 0.25) is 0 Å². The van der Waals surface area contributed by atoms with Crippen LogP contribution in [0.3, 0.4) is 0 Å². The third-order valence-electron chi connectivity index (χ3n) is 3.79. The number of benzene rings is 1. The summed E-state index contributed by atoms with van der Waals surface area (Å²) in [6.45, 7) is 1.25. The number of carbonyl (C=O) groups excluding carboxylic acids is 1. The van der Waals surface area contributed by atoms with Crippen molar-refractivity contribution in [1.29, 1.82) is 0 Å². The molecule has 1 fully saturated rings. The first kappa shape index (κ1) is 14.7. The molecule has 0 atom stereocenters. The summed E-state index contributed by atoms with van der Waals surface area (Å²) in [5, 5.41) is 14.8. The fourth-order valence-electron chi connectivity index (χ4n) is 2.12. The van der Waals surface area contributed by atoms with Crippen LogP contribution in [0.5, 0.6) is 5.75 Å². The predicted octanol–water partition coefficient (Wildman–Crippen LogP) is 1.31. The monoisotopic (exact) mass is 278 g/mol. The maximum absolute atomic E-state index is 11.6. The second-order valence-electron chi connectivity index (χ2n) is 5.33. The van der Waals surface area contributed by atoms with Gasteiger partial charge in [0.25, 0.3) is 0 Å². The number of aliphatic hydroxyl groups is 1. The van der Waals surface area contributed by atoms with Crippen LogP contribution in [0.2, 0.25) is 0 Å². The SMILES string of the molecule is COc1ccccc1CCNC(=O)NCC1(CO)CC1. The molecule has 0 radical (unpaired) electrons. The van der Waals surface area contributed by atoms with Crippen LogP contribution in [0.15, 0.2) is 24.3 Å². The topological polar surface area (TPSA) is 70.6 Å². The molecule has 20 heavy (non-hydrogen) atoms. The number of ether oxygens (including phenoxy) is 1. The van der Waals surface area contributed by atoms with Crippen LogP contribution in [0.1, 0.15) is 18.4 Å². The molecule has 5 nitrogen and oxygen atoms in total. The van der Waals surface area contributed by atoms with E-state index in [1.54, 1.807) is 7.11 Å². The minimum atomic E-state index is -0.181. The first-order valence-electron chi connectivity index (χ1n) is 6.93. The number of carbonyl (C=O) groups is 1. The number of hydrogen-bond acceptors (Lipinski definition) is 3. The van der Waals surface area contributed by atoms with Crippen molar-refractivity contribution in [1.82, 2.24) is 10.6 Å². The van der Waals surface area contributed by atoms with Crippen molar-refractivity contribution in [2.75, 3.05) is 26.8 Å². The van der Waals surface area contributed by atoms with Crippen molar-refractivity contribution in [3.63, 3.8) is 0 Å². The zero-order chi connectivity index (χ0) is 14.4. The first-order valence-corrected chi connectivity index (χ1v) is 6.93. The fraction of sp³-hybridized carbons (Fsp3) is 0.533. The molecule has 1 aromatic rings. The van der Waals surface area contributed by atoms with Gasteiger partial charge in [0.05, 0.1) is 13.7 Å². The van der Waals surface area contributed by atoms with Crippen LogP contribution in [0.4, 0.5) is 4.79 Å². The average Bonchev–Trinajstić information content (AvgIpc) is 3.26. The molecule has 0 bridgehead atoms. The van der Waals surface area contributed by atoms with Crippen molar-refractivity contribution >= 4 is 6.03 Å². The molecule has 1 aliphatic rings. The van der Waals surface area contributed by atoms with Crippen LogP contribution in [0, 0.1) is 5.41 Å². The van der Waals surface area contributed by atoms with Crippen molar-refractivity contribution in [3.05, 3.63) is 29.8 Å². The summed E-state index contributed by atoms with van der Waals surface area (Å²) >= 11 is 0. The number of nitrogens with one attached hydrogen (secondary N) is 2. The Morgan fingerprint density at radius 1 is 1.35 bits per heavy atom. The Balaban J connectivity index is 1.68. The average molecular weight is 278 g/mol. The molecule has 1 saturated carbocycles. The van der Waals surface area contributed by atoms with E-state index in [4.69, 9.17) is 9.84 Å². The van der Waals surface area contributed by atoms with Gasteiger partial charge < -0.3 is 20.5 Å². The minimum absolute atomic E-state index is 0.0556. The van der Waals surface area contributed by atoms with Gasteiger partial charge in [-0.2, -0.15) is 0 Å². The van der Waals surface area contributed by atoms with Crippen LogP contribution in [-0.2, 0) is 6.42 Å². The number of rotatable bonds is 7. The molecule has 0 aliphatic heterocycles. The molecule has 110 valence electrons. The summed E-state index contributed by atoms with van der Waals surface area (Å²) in [7, 11) is 1.64. The zero-order valence-corrected chi connectivity index (χ0v) is 11.8. The highest BCUT2D eigenvalue weighted by atomic mass is 16.5. The highest BCUT2D eigenvalue weighted by Gasteiger charge is 2.42. The Kier molecular flexibility index (Phi) is 4.84. The Morgan fingerprint density at radius 2 is 2.10 bits per heavy atom. The third-order valence-corrected chi connectivity index (χ3v) is 3.79. The van der Waals surface area contributed by atoms with Crippen LogP contribution < -0.4 is 15.4 Å². The molecule has 0 aromatic heterocycles. The summed E-state index contributed by atoms with van der Waals surface area (Å²) in [6, 6.07) is 7.60. The summed E-state index contributed by atoms with van der Waals surface area (Å²) < 4.78 is 5.26. The van der Waals surface area contributed by atoms with E-state index in [1.807, 2.05) is 24.3 Å². The van der Waals surface area contributed by atoms with E-state index in [0.29, 0.717) is 13.1 Å². The highest BCUT2D eigenvalue weighted by Crippen LogP contribution is 2.44. The molecule has 3 N–H and O–H groups in total. The van der Waals surface area contributed by atoms with E-state index in [9.17, 15) is 4.79 Å². The summed E-state index contributed by atoms with van der Waals surface area (Å²) in [5.74, 6) is 0.840. The van der Waals surface area contributed by atoms with Crippen molar-refractivity contribution < 1.29 is 14.6 Å². The summed E-state index contributed by atoms with van der Waals surface area (Å²) in [4.78, 5) is 11.6. The molecular formula is C15H22N2O3. The smallest absolute Gasteiger partial charge is 0.314 e. The largest absolute Gasteiger partial charge is 0.496 e. The molecule has 1 aliphatic carbocycles. The van der Waals surface area contributed by atoms with Gasteiger partial charge in [-0.3, -0.25) is 0 Å². The molecule has 2 amide bonds. The van der Waals surface area contributed by atoms with E-state index >= 15 is 0 Å².